The van der Waals surface area contributed by atoms with E-state index in [-0.39, 0.29) is 6.10 Å². The Morgan fingerprint density at radius 2 is 2.45 bits per heavy atom. The zero-order valence-electron chi connectivity index (χ0n) is 11.2. The molecule has 1 aromatic heterocycles. The fourth-order valence-corrected chi connectivity index (χ4v) is 2.94. The van der Waals surface area contributed by atoms with Gasteiger partial charge in [0.2, 0.25) is 5.95 Å². The van der Waals surface area contributed by atoms with Crippen molar-refractivity contribution in [2.24, 2.45) is 5.84 Å². The standard InChI is InChI=1S/C12H19ClN6O/c13-10-5-16-12(18-14)17-11(10)15-4-9-6-19-3-1-2-8(19)7-20-9/h5,8-9H,1-4,6-7,14H2,(H2,15,16,17,18). The van der Waals surface area contributed by atoms with Crippen molar-refractivity contribution < 1.29 is 4.74 Å². The number of hydrogen-bond donors (Lipinski definition) is 3. The highest BCUT2D eigenvalue weighted by molar-refractivity contribution is 6.32. The van der Waals surface area contributed by atoms with Crippen LogP contribution in [0.1, 0.15) is 12.8 Å². The van der Waals surface area contributed by atoms with Gasteiger partial charge in [-0.1, -0.05) is 11.6 Å². The minimum Gasteiger partial charge on any atom is -0.373 e. The average Bonchev–Trinajstić information content (AvgIpc) is 2.94. The summed E-state index contributed by atoms with van der Waals surface area (Å²) in [6.07, 6.45) is 4.20. The first-order valence-corrected chi connectivity index (χ1v) is 7.22. The SMILES string of the molecule is NNc1ncc(Cl)c(NCC2CN3CCCC3CO2)n1. The molecule has 2 aliphatic rings. The number of aromatic nitrogens is 2. The Morgan fingerprint density at radius 1 is 1.55 bits per heavy atom. The van der Waals surface area contributed by atoms with Crippen LogP contribution in [0.4, 0.5) is 11.8 Å². The molecule has 8 heteroatoms. The Bertz CT molecular complexity index is 473. The lowest BCUT2D eigenvalue weighted by atomic mass is 10.2. The smallest absolute Gasteiger partial charge is 0.239 e. The van der Waals surface area contributed by atoms with Crippen LogP contribution in [0.2, 0.25) is 5.02 Å². The first-order chi connectivity index (χ1) is 9.76. The molecule has 1 aromatic rings. The van der Waals surface area contributed by atoms with E-state index in [1.54, 1.807) is 0 Å². The second-order valence-corrected chi connectivity index (χ2v) is 5.57. The van der Waals surface area contributed by atoms with E-state index in [0.717, 1.165) is 13.2 Å². The monoisotopic (exact) mass is 298 g/mol. The van der Waals surface area contributed by atoms with Crippen molar-refractivity contribution >= 4 is 23.4 Å². The highest BCUT2D eigenvalue weighted by atomic mass is 35.5. The Labute approximate surface area is 122 Å². The number of ether oxygens (including phenoxy) is 1. The van der Waals surface area contributed by atoms with Crippen molar-refractivity contribution in [2.75, 3.05) is 37.0 Å². The van der Waals surface area contributed by atoms with Crippen molar-refractivity contribution in [3.05, 3.63) is 11.2 Å². The van der Waals surface area contributed by atoms with E-state index < -0.39 is 0 Å². The van der Waals surface area contributed by atoms with Gasteiger partial charge in [-0.25, -0.2) is 10.8 Å². The van der Waals surface area contributed by atoms with Crippen LogP contribution in [0.25, 0.3) is 0 Å². The van der Waals surface area contributed by atoms with Gasteiger partial charge in [0.05, 0.1) is 18.9 Å². The fourth-order valence-electron chi connectivity index (χ4n) is 2.78. The summed E-state index contributed by atoms with van der Waals surface area (Å²) in [6, 6.07) is 0.613. The molecule has 0 aliphatic carbocycles. The maximum absolute atomic E-state index is 6.05. The highest BCUT2D eigenvalue weighted by Crippen LogP contribution is 2.23. The molecule has 0 aromatic carbocycles. The molecule has 20 heavy (non-hydrogen) atoms. The predicted octanol–water partition coefficient (Wildman–Crippen LogP) is 0.691. The number of halogens is 1. The lowest BCUT2D eigenvalue weighted by Crippen LogP contribution is -2.48. The van der Waals surface area contributed by atoms with Crippen LogP contribution < -0.4 is 16.6 Å². The van der Waals surface area contributed by atoms with Gasteiger partial charge in [0.15, 0.2) is 5.82 Å². The van der Waals surface area contributed by atoms with Crippen LogP contribution >= 0.6 is 11.6 Å². The fraction of sp³-hybridized carbons (Fsp3) is 0.667. The third kappa shape index (κ3) is 2.95. The predicted molar refractivity (Wildman–Crippen MR) is 77.7 cm³/mol. The van der Waals surface area contributed by atoms with E-state index in [2.05, 4.69) is 25.6 Å². The lowest BCUT2D eigenvalue weighted by Gasteiger charge is -2.35. The Hall–Kier alpha value is -1.15. The van der Waals surface area contributed by atoms with Crippen LogP contribution in [0, 0.1) is 0 Å². The maximum Gasteiger partial charge on any atom is 0.239 e. The molecule has 7 nitrogen and oxygen atoms in total. The zero-order chi connectivity index (χ0) is 13.9. The zero-order valence-corrected chi connectivity index (χ0v) is 11.9. The van der Waals surface area contributed by atoms with Crippen molar-refractivity contribution in [1.29, 1.82) is 0 Å². The maximum atomic E-state index is 6.05. The number of hydrogen-bond acceptors (Lipinski definition) is 7. The summed E-state index contributed by atoms with van der Waals surface area (Å²) in [7, 11) is 0. The summed E-state index contributed by atoms with van der Waals surface area (Å²) in [5.74, 6) is 6.19. The van der Waals surface area contributed by atoms with Gasteiger partial charge >= 0.3 is 0 Å². The Kier molecular flexibility index (Phi) is 4.21. The van der Waals surface area contributed by atoms with Gasteiger partial charge in [0.1, 0.15) is 5.02 Å². The van der Waals surface area contributed by atoms with Crippen molar-refractivity contribution in [3.63, 3.8) is 0 Å². The van der Waals surface area contributed by atoms with Gasteiger partial charge in [-0.3, -0.25) is 10.3 Å². The summed E-state index contributed by atoms with van der Waals surface area (Å²) in [4.78, 5) is 10.6. The molecule has 0 bridgehead atoms. The van der Waals surface area contributed by atoms with Crippen molar-refractivity contribution in [3.8, 4) is 0 Å². The summed E-state index contributed by atoms with van der Waals surface area (Å²) in [6.45, 7) is 3.63. The number of rotatable bonds is 4. The van der Waals surface area contributed by atoms with E-state index in [0.29, 0.717) is 29.4 Å². The molecule has 0 saturated carbocycles. The third-order valence-electron chi connectivity index (χ3n) is 3.83. The second kappa shape index (κ2) is 6.09. The van der Waals surface area contributed by atoms with E-state index in [9.17, 15) is 0 Å². The van der Waals surface area contributed by atoms with Crippen LogP contribution in [0.3, 0.4) is 0 Å². The highest BCUT2D eigenvalue weighted by Gasteiger charge is 2.32. The lowest BCUT2D eigenvalue weighted by molar-refractivity contribution is -0.0416. The van der Waals surface area contributed by atoms with Crippen LogP contribution in [0.5, 0.6) is 0 Å². The largest absolute Gasteiger partial charge is 0.373 e. The minimum absolute atomic E-state index is 0.157. The summed E-state index contributed by atoms with van der Waals surface area (Å²) in [5.41, 5.74) is 2.40. The molecule has 3 heterocycles. The average molecular weight is 299 g/mol. The molecular formula is C12H19ClN6O. The third-order valence-corrected chi connectivity index (χ3v) is 4.11. The number of anilines is 2. The summed E-state index contributed by atoms with van der Waals surface area (Å²) < 4.78 is 5.88. The van der Waals surface area contributed by atoms with Crippen molar-refractivity contribution in [2.45, 2.75) is 25.0 Å². The number of nitrogens with two attached hydrogens (primary N) is 1. The quantitative estimate of drug-likeness (QED) is 0.557. The number of nitrogens with zero attached hydrogens (tertiary/aromatic N) is 3. The van der Waals surface area contributed by atoms with Gasteiger partial charge in [0.25, 0.3) is 0 Å². The van der Waals surface area contributed by atoms with E-state index >= 15 is 0 Å². The Balaban J connectivity index is 1.56. The second-order valence-electron chi connectivity index (χ2n) is 5.16. The number of hydrazine groups is 1. The van der Waals surface area contributed by atoms with Crippen LogP contribution in [-0.2, 0) is 4.74 Å². The topological polar surface area (TPSA) is 88.3 Å². The van der Waals surface area contributed by atoms with Crippen LogP contribution in [0.15, 0.2) is 6.20 Å². The van der Waals surface area contributed by atoms with Crippen molar-refractivity contribution in [1.82, 2.24) is 14.9 Å². The number of nitrogen functional groups attached to an aromatic ring is 1. The number of nitrogens with one attached hydrogen (secondary N) is 2. The Morgan fingerprint density at radius 3 is 3.30 bits per heavy atom. The first-order valence-electron chi connectivity index (χ1n) is 6.85. The number of morpholine rings is 1. The molecular weight excluding hydrogens is 280 g/mol. The minimum atomic E-state index is 0.157. The van der Waals surface area contributed by atoms with E-state index in [1.807, 2.05) is 0 Å². The molecule has 110 valence electrons. The van der Waals surface area contributed by atoms with Gasteiger partial charge in [-0.05, 0) is 19.4 Å². The van der Waals surface area contributed by atoms with Gasteiger partial charge in [-0.2, -0.15) is 4.98 Å². The van der Waals surface area contributed by atoms with Crippen LogP contribution in [-0.4, -0.2) is 53.3 Å². The molecule has 2 atom stereocenters. The molecule has 2 aliphatic heterocycles. The molecule has 3 rings (SSSR count). The van der Waals surface area contributed by atoms with Gasteiger partial charge in [-0.15, -0.1) is 0 Å². The van der Waals surface area contributed by atoms with E-state index in [1.165, 1.54) is 25.6 Å². The summed E-state index contributed by atoms with van der Waals surface area (Å²) in [5, 5.41) is 3.68. The molecule has 2 saturated heterocycles. The first kappa shape index (κ1) is 13.8. The molecule has 4 N–H and O–H groups in total. The molecule has 0 radical (unpaired) electrons. The molecule has 0 spiro atoms. The molecule has 0 amide bonds. The van der Waals surface area contributed by atoms with Gasteiger partial charge in [0, 0.05) is 19.1 Å². The molecule has 2 unspecified atom stereocenters. The van der Waals surface area contributed by atoms with E-state index in [4.69, 9.17) is 22.2 Å². The number of fused-ring (bicyclic) bond motifs is 1. The normalized spacial score (nSPS) is 26.3. The van der Waals surface area contributed by atoms with Gasteiger partial charge < -0.3 is 10.1 Å². The molecule has 2 fully saturated rings. The summed E-state index contributed by atoms with van der Waals surface area (Å²) >= 11 is 6.05.